The lowest BCUT2D eigenvalue weighted by Gasteiger charge is -2.23. The van der Waals surface area contributed by atoms with Crippen LogP contribution < -0.4 is 5.32 Å². The highest BCUT2D eigenvalue weighted by Crippen LogP contribution is 2.04. The van der Waals surface area contributed by atoms with Gasteiger partial charge in [0, 0.05) is 44.0 Å². The minimum absolute atomic E-state index is 0.664. The lowest BCUT2D eigenvalue weighted by molar-refractivity contribution is 0.251. The van der Waals surface area contributed by atoms with Crippen LogP contribution >= 0.6 is 0 Å². The summed E-state index contributed by atoms with van der Waals surface area (Å²) in [7, 11) is 4.17. The van der Waals surface area contributed by atoms with Crippen LogP contribution in [0.3, 0.4) is 0 Å². The Morgan fingerprint density at radius 3 is 2.76 bits per heavy atom. The first-order valence-electron chi connectivity index (χ1n) is 6.44. The lowest BCUT2D eigenvalue weighted by atomic mass is 10.2. The highest BCUT2D eigenvalue weighted by Gasteiger charge is 2.06. The number of nitrogens with one attached hydrogen (secondary N) is 1. The largest absolute Gasteiger partial charge is 0.311 e. The number of hydrogen-bond acceptors (Lipinski definition) is 3. The molecule has 1 rings (SSSR count). The molecule has 0 fully saturated rings. The predicted molar refractivity (Wildman–Crippen MR) is 72.0 cm³/mol. The van der Waals surface area contributed by atoms with E-state index in [0.717, 1.165) is 19.6 Å². The Labute approximate surface area is 105 Å². The fourth-order valence-corrected chi connectivity index (χ4v) is 1.73. The summed E-state index contributed by atoms with van der Waals surface area (Å²) in [6.07, 6.45) is 3.15. The summed E-state index contributed by atoms with van der Waals surface area (Å²) in [4.78, 5) is 2.39. The van der Waals surface area contributed by atoms with Gasteiger partial charge >= 0.3 is 0 Å². The van der Waals surface area contributed by atoms with Crippen molar-refractivity contribution in [3.8, 4) is 0 Å². The van der Waals surface area contributed by atoms with Crippen LogP contribution in [0.1, 0.15) is 31.5 Å². The van der Waals surface area contributed by atoms with Crippen molar-refractivity contribution in [2.75, 3.05) is 20.1 Å². The van der Waals surface area contributed by atoms with Gasteiger partial charge in [-0.05, 0) is 27.3 Å². The first-order valence-corrected chi connectivity index (χ1v) is 6.44. The summed E-state index contributed by atoms with van der Waals surface area (Å²) in [5, 5.41) is 7.71. The van der Waals surface area contributed by atoms with Gasteiger partial charge < -0.3 is 10.2 Å². The fourth-order valence-electron chi connectivity index (χ4n) is 1.73. The van der Waals surface area contributed by atoms with E-state index in [4.69, 9.17) is 0 Å². The molecular formula is C13H26N4. The second-order valence-electron chi connectivity index (χ2n) is 4.79. The Bertz CT molecular complexity index is 332. The molecule has 0 aromatic carbocycles. The van der Waals surface area contributed by atoms with Gasteiger partial charge in [0.1, 0.15) is 0 Å². The van der Waals surface area contributed by atoms with Crippen molar-refractivity contribution in [1.29, 1.82) is 0 Å². The summed E-state index contributed by atoms with van der Waals surface area (Å²) in [6.45, 7) is 9.63. The molecule has 0 aliphatic rings. The van der Waals surface area contributed by atoms with E-state index in [1.807, 2.05) is 17.9 Å². The summed E-state index contributed by atoms with van der Waals surface area (Å²) in [5.74, 6) is 0. The van der Waals surface area contributed by atoms with Gasteiger partial charge in [0.05, 0.1) is 6.20 Å². The van der Waals surface area contributed by atoms with Crippen molar-refractivity contribution in [3.63, 3.8) is 0 Å². The fraction of sp³-hybridized carbons (Fsp3) is 0.769. The van der Waals surface area contributed by atoms with Gasteiger partial charge in [-0.15, -0.1) is 0 Å². The van der Waals surface area contributed by atoms with Gasteiger partial charge in [0.2, 0.25) is 0 Å². The molecule has 0 amide bonds. The summed E-state index contributed by atoms with van der Waals surface area (Å²) in [6, 6.07) is 0.664. The minimum Gasteiger partial charge on any atom is -0.311 e. The van der Waals surface area contributed by atoms with Crippen molar-refractivity contribution in [3.05, 3.63) is 17.5 Å². The van der Waals surface area contributed by atoms with E-state index in [1.54, 1.807) is 0 Å². The molecule has 0 saturated heterocycles. The third-order valence-electron chi connectivity index (χ3n) is 3.64. The number of aromatic nitrogens is 2. The molecule has 4 heteroatoms. The van der Waals surface area contributed by atoms with Crippen molar-refractivity contribution in [2.24, 2.45) is 7.05 Å². The van der Waals surface area contributed by atoms with E-state index in [2.05, 4.69) is 43.1 Å². The number of rotatable bonds is 7. The zero-order valence-corrected chi connectivity index (χ0v) is 11.8. The SMILES string of the molecule is CCC(C)N(C)CCNCc1cnn(C)c1C. The van der Waals surface area contributed by atoms with Gasteiger partial charge in [0.15, 0.2) is 0 Å². The standard InChI is InChI=1S/C13H26N4/c1-6-11(2)16(4)8-7-14-9-13-10-15-17(5)12(13)3/h10-11,14H,6-9H2,1-5H3. The molecule has 0 aliphatic carbocycles. The second-order valence-corrected chi connectivity index (χ2v) is 4.79. The Morgan fingerprint density at radius 2 is 2.24 bits per heavy atom. The smallest absolute Gasteiger partial charge is 0.0537 e. The van der Waals surface area contributed by atoms with Crippen LogP contribution in [-0.4, -0.2) is 40.9 Å². The van der Waals surface area contributed by atoms with Crippen LogP contribution in [0.15, 0.2) is 6.20 Å². The molecule has 1 unspecified atom stereocenters. The highest BCUT2D eigenvalue weighted by atomic mass is 15.3. The Kier molecular flexibility index (Phi) is 5.65. The van der Waals surface area contributed by atoms with E-state index in [1.165, 1.54) is 17.7 Å². The molecule has 98 valence electrons. The van der Waals surface area contributed by atoms with E-state index >= 15 is 0 Å². The molecule has 4 nitrogen and oxygen atoms in total. The van der Waals surface area contributed by atoms with E-state index in [0.29, 0.717) is 6.04 Å². The molecule has 1 atom stereocenters. The molecule has 0 saturated carbocycles. The minimum atomic E-state index is 0.664. The predicted octanol–water partition coefficient (Wildman–Crippen LogP) is 1.55. The lowest BCUT2D eigenvalue weighted by Crippen LogP contribution is -2.34. The maximum Gasteiger partial charge on any atom is 0.0537 e. The topological polar surface area (TPSA) is 33.1 Å². The maximum absolute atomic E-state index is 4.24. The molecule has 0 radical (unpaired) electrons. The van der Waals surface area contributed by atoms with Crippen molar-refractivity contribution >= 4 is 0 Å². The van der Waals surface area contributed by atoms with E-state index < -0.39 is 0 Å². The van der Waals surface area contributed by atoms with E-state index in [9.17, 15) is 0 Å². The van der Waals surface area contributed by atoms with Gasteiger partial charge in [-0.1, -0.05) is 6.92 Å². The molecule has 0 spiro atoms. The zero-order valence-electron chi connectivity index (χ0n) is 11.8. The van der Waals surface area contributed by atoms with E-state index in [-0.39, 0.29) is 0 Å². The number of likely N-dealkylation sites (N-methyl/N-ethyl adjacent to an activating group) is 1. The molecule has 1 aromatic heterocycles. The van der Waals surface area contributed by atoms with Crippen LogP contribution in [0, 0.1) is 6.92 Å². The number of aryl methyl sites for hydroxylation is 1. The number of hydrogen-bond donors (Lipinski definition) is 1. The quantitative estimate of drug-likeness (QED) is 0.732. The normalized spacial score (nSPS) is 13.3. The molecule has 1 aromatic rings. The summed E-state index contributed by atoms with van der Waals surface area (Å²) >= 11 is 0. The van der Waals surface area contributed by atoms with Crippen LogP contribution in [0.2, 0.25) is 0 Å². The van der Waals surface area contributed by atoms with Crippen LogP contribution in [0.5, 0.6) is 0 Å². The first-order chi connectivity index (χ1) is 8.06. The third-order valence-corrected chi connectivity index (χ3v) is 3.64. The average molecular weight is 238 g/mol. The molecule has 1 heterocycles. The Morgan fingerprint density at radius 1 is 1.53 bits per heavy atom. The van der Waals surface area contributed by atoms with Crippen LogP contribution in [-0.2, 0) is 13.6 Å². The zero-order chi connectivity index (χ0) is 12.8. The highest BCUT2D eigenvalue weighted by molar-refractivity contribution is 5.15. The summed E-state index contributed by atoms with van der Waals surface area (Å²) in [5.41, 5.74) is 2.53. The van der Waals surface area contributed by atoms with Gasteiger partial charge in [-0.25, -0.2) is 0 Å². The second kappa shape index (κ2) is 6.77. The third kappa shape index (κ3) is 4.13. The van der Waals surface area contributed by atoms with Crippen molar-refractivity contribution < 1.29 is 0 Å². The van der Waals surface area contributed by atoms with Gasteiger partial charge in [-0.3, -0.25) is 4.68 Å². The van der Waals surface area contributed by atoms with Gasteiger partial charge in [0.25, 0.3) is 0 Å². The summed E-state index contributed by atoms with van der Waals surface area (Å²) < 4.78 is 1.92. The van der Waals surface area contributed by atoms with Crippen molar-refractivity contribution in [1.82, 2.24) is 20.0 Å². The average Bonchev–Trinajstić information content (AvgIpc) is 2.64. The molecule has 1 N–H and O–H groups in total. The molecule has 0 bridgehead atoms. The van der Waals surface area contributed by atoms with Crippen LogP contribution in [0.4, 0.5) is 0 Å². The Balaban J connectivity index is 2.23. The first kappa shape index (κ1) is 14.2. The van der Waals surface area contributed by atoms with Gasteiger partial charge in [-0.2, -0.15) is 5.10 Å². The molecule has 17 heavy (non-hydrogen) atoms. The monoisotopic (exact) mass is 238 g/mol. The van der Waals surface area contributed by atoms with Crippen molar-refractivity contribution in [2.45, 2.75) is 39.8 Å². The maximum atomic E-state index is 4.24. The Hall–Kier alpha value is -0.870. The number of nitrogens with zero attached hydrogens (tertiary/aromatic N) is 3. The molecule has 0 aliphatic heterocycles. The van der Waals surface area contributed by atoms with Crippen LogP contribution in [0.25, 0.3) is 0 Å². The molecular weight excluding hydrogens is 212 g/mol.